The zero-order valence-electron chi connectivity index (χ0n) is 11.0. The van der Waals surface area contributed by atoms with E-state index in [0.717, 1.165) is 28.4 Å². The predicted octanol–water partition coefficient (Wildman–Crippen LogP) is 2.53. The van der Waals surface area contributed by atoms with Gasteiger partial charge in [-0.05, 0) is 29.8 Å². The van der Waals surface area contributed by atoms with Gasteiger partial charge in [0.05, 0.1) is 19.5 Å². The molecule has 0 aliphatic carbocycles. The number of ether oxygens (including phenoxy) is 1. The molecule has 0 saturated carbocycles. The molecular formula is C15H14N4O. The molecular weight excluding hydrogens is 252 g/mol. The van der Waals surface area contributed by atoms with E-state index in [-0.39, 0.29) is 0 Å². The van der Waals surface area contributed by atoms with E-state index in [4.69, 9.17) is 10.5 Å². The Labute approximate surface area is 116 Å². The van der Waals surface area contributed by atoms with Gasteiger partial charge in [0.1, 0.15) is 5.75 Å². The van der Waals surface area contributed by atoms with Crippen molar-refractivity contribution in [2.24, 2.45) is 0 Å². The molecule has 100 valence electrons. The molecule has 0 bridgehead atoms. The smallest absolute Gasteiger partial charge is 0.153 e. The maximum absolute atomic E-state index is 5.69. The topological polar surface area (TPSA) is 66.0 Å². The first-order chi connectivity index (χ1) is 9.76. The van der Waals surface area contributed by atoms with Crippen LogP contribution in [-0.2, 0) is 0 Å². The van der Waals surface area contributed by atoms with Gasteiger partial charge in [-0.25, -0.2) is 9.67 Å². The molecule has 5 heteroatoms. The van der Waals surface area contributed by atoms with Crippen LogP contribution in [0.1, 0.15) is 0 Å². The third kappa shape index (κ3) is 2.33. The first kappa shape index (κ1) is 12.2. The van der Waals surface area contributed by atoms with Gasteiger partial charge in [-0.3, -0.25) is 0 Å². The first-order valence-corrected chi connectivity index (χ1v) is 6.17. The average Bonchev–Trinajstić information content (AvgIpc) is 2.98. The van der Waals surface area contributed by atoms with Crippen LogP contribution in [0.5, 0.6) is 5.75 Å². The van der Waals surface area contributed by atoms with Crippen molar-refractivity contribution in [1.29, 1.82) is 0 Å². The van der Waals surface area contributed by atoms with Gasteiger partial charge in [0, 0.05) is 17.4 Å². The lowest BCUT2D eigenvalue weighted by Gasteiger charge is -2.02. The van der Waals surface area contributed by atoms with Crippen LogP contribution in [0.2, 0.25) is 0 Å². The maximum atomic E-state index is 5.69. The second-order valence-electron chi connectivity index (χ2n) is 4.35. The van der Waals surface area contributed by atoms with Crippen molar-refractivity contribution >= 4 is 5.69 Å². The van der Waals surface area contributed by atoms with E-state index in [1.54, 1.807) is 24.2 Å². The largest absolute Gasteiger partial charge is 0.495 e. The highest BCUT2D eigenvalue weighted by molar-refractivity contribution is 5.64. The van der Waals surface area contributed by atoms with Gasteiger partial charge in [-0.1, -0.05) is 12.1 Å². The second kappa shape index (κ2) is 5.05. The van der Waals surface area contributed by atoms with Crippen molar-refractivity contribution in [1.82, 2.24) is 14.8 Å². The summed E-state index contributed by atoms with van der Waals surface area (Å²) in [6, 6.07) is 11.4. The molecule has 0 radical (unpaired) electrons. The number of methoxy groups -OCH3 is 1. The number of hydrogen-bond donors (Lipinski definition) is 1. The molecule has 0 aliphatic heterocycles. The Morgan fingerprint density at radius 1 is 1.00 bits per heavy atom. The fourth-order valence-corrected chi connectivity index (χ4v) is 1.90. The molecule has 0 fully saturated rings. The Kier molecular flexibility index (Phi) is 3.09. The Hall–Kier alpha value is -2.82. The van der Waals surface area contributed by atoms with Gasteiger partial charge in [0.25, 0.3) is 0 Å². The number of hydrogen-bond acceptors (Lipinski definition) is 4. The number of rotatable bonds is 3. The molecule has 0 spiro atoms. The lowest BCUT2D eigenvalue weighted by atomic mass is 10.1. The summed E-state index contributed by atoms with van der Waals surface area (Å²) in [7, 11) is 1.61. The van der Waals surface area contributed by atoms with Crippen molar-refractivity contribution in [3.05, 3.63) is 55.0 Å². The zero-order valence-corrected chi connectivity index (χ0v) is 11.0. The van der Waals surface area contributed by atoms with E-state index < -0.39 is 0 Å². The Morgan fingerprint density at radius 2 is 1.80 bits per heavy atom. The third-order valence-electron chi connectivity index (χ3n) is 3.02. The minimum Gasteiger partial charge on any atom is -0.495 e. The highest BCUT2D eigenvalue weighted by Gasteiger charge is 2.04. The normalized spacial score (nSPS) is 10.4. The van der Waals surface area contributed by atoms with Crippen LogP contribution in [0, 0.1) is 0 Å². The van der Waals surface area contributed by atoms with E-state index in [0.29, 0.717) is 0 Å². The zero-order chi connectivity index (χ0) is 13.9. The number of pyridine rings is 1. The summed E-state index contributed by atoms with van der Waals surface area (Å²) in [5.41, 5.74) is 8.52. The summed E-state index contributed by atoms with van der Waals surface area (Å²) in [6.07, 6.45) is 5.40. The molecule has 2 aromatic heterocycles. The summed E-state index contributed by atoms with van der Waals surface area (Å²) in [5.74, 6) is 1.46. The van der Waals surface area contributed by atoms with E-state index in [2.05, 4.69) is 10.1 Å². The quantitative estimate of drug-likeness (QED) is 0.740. The molecule has 0 saturated heterocycles. The van der Waals surface area contributed by atoms with Gasteiger partial charge in [0.15, 0.2) is 5.82 Å². The van der Waals surface area contributed by atoms with Crippen LogP contribution in [0.15, 0.2) is 55.0 Å². The number of nitrogens with two attached hydrogens (primary N) is 1. The highest BCUT2D eigenvalue weighted by atomic mass is 16.5. The summed E-state index contributed by atoms with van der Waals surface area (Å²) >= 11 is 0. The standard InChI is InChI=1S/C15H14N4O/c1-20-14-6-7-15(17-9-14)19-10-12(8-18-19)11-2-4-13(16)5-3-11/h2-10H,16H2,1H3. The fraction of sp³-hybridized carbons (Fsp3) is 0.0667. The first-order valence-electron chi connectivity index (χ1n) is 6.17. The Balaban J connectivity index is 1.91. The van der Waals surface area contributed by atoms with E-state index >= 15 is 0 Å². The SMILES string of the molecule is COc1ccc(-n2cc(-c3ccc(N)cc3)cn2)nc1. The van der Waals surface area contributed by atoms with Gasteiger partial charge in [-0.15, -0.1) is 0 Å². The molecule has 0 aliphatic rings. The van der Waals surface area contributed by atoms with Crippen molar-refractivity contribution in [2.45, 2.75) is 0 Å². The second-order valence-corrected chi connectivity index (χ2v) is 4.35. The minimum atomic E-state index is 0.722. The minimum absolute atomic E-state index is 0.722. The maximum Gasteiger partial charge on any atom is 0.153 e. The van der Waals surface area contributed by atoms with Crippen molar-refractivity contribution in [3.8, 4) is 22.7 Å². The molecule has 2 N–H and O–H groups in total. The molecule has 0 unspecified atom stereocenters. The fourth-order valence-electron chi connectivity index (χ4n) is 1.90. The molecule has 20 heavy (non-hydrogen) atoms. The average molecular weight is 266 g/mol. The summed E-state index contributed by atoms with van der Waals surface area (Å²) in [6.45, 7) is 0. The van der Waals surface area contributed by atoms with Gasteiger partial charge >= 0.3 is 0 Å². The van der Waals surface area contributed by atoms with E-state index in [1.807, 2.05) is 42.6 Å². The van der Waals surface area contributed by atoms with E-state index in [1.165, 1.54) is 0 Å². The van der Waals surface area contributed by atoms with Gasteiger partial charge < -0.3 is 10.5 Å². The molecule has 3 rings (SSSR count). The van der Waals surface area contributed by atoms with Gasteiger partial charge in [-0.2, -0.15) is 5.10 Å². The Morgan fingerprint density at radius 3 is 2.45 bits per heavy atom. The van der Waals surface area contributed by atoms with Crippen LogP contribution in [0.25, 0.3) is 16.9 Å². The van der Waals surface area contributed by atoms with Crippen LogP contribution in [0.4, 0.5) is 5.69 Å². The van der Waals surface area contributed by atoms with Crippen molar-refractivity contribution < 1.29 is 4.74 Å². The molecule has 0 atom stereocenters. The summed E-state index contributed by atoms with van der Waals surface area (Å²) in [5, 5.41) is 4.32. The van der Waals surface area contributed by atoms with Crippen molar-refractivity contribution in [2.75, 3.05) is 12.8 Å². The van der Waals surface area contributed by atoms with E-state index in [9.17, 15) is 0 Å². The number of anilines is 1. The highest BCUT2D eigenvalue weighted by Crippen LogP contribution is 2.21. The number of nitrogen functional groups attached to an aromatic ring is 1. The summed E-state index contributed by atoms with van der Waals surface area (Å²) in [4.78, 5) is 4.30. The molecule has 3 aromatic rings. The number of nitrogens with zero attached hydrogens (tertiary/aromatic N) is 3. The van der Waals surface area contributed by atoms with Crippen LogP contribution >= 0.6 is 0 Å². The predicted molar refractivity (Wildman–Crippen MR) is 77.8 cm³/mol. The molecule has 2 heterocycles. The van der Waals surface area contributed by atoms with Crippen molar-refractivity contribution in [3.63, 3.8) is 0 Å². The summed E-state index contributed by atoms with van der Waals surface area (Å²) < 4.78 is 6.81. The monoisotopic (exact) mass is 266 g/mol. The third-order valence-corrected chi connectivity index (χ3v) is 3.02. The lowest BCUT2D eigenvalue weighted by Crippen LogP contribution is -1.97. The molecule has 0 amide bonds. The van der Waals surface area contributed by atoms with Crippen LogP contribution < -0.4 is 10.5 Å². The van der Waals surface area contributed by atoms with Gasteiger partial charge in [0.2, 0.25) is 0 Å². The molecule has 5 nitrogen and oxygen atoms in total. The van der Waals surface area contributed by atoms with Crippen LogP contribution in [0.3, 0.4) is 0 Å². The number of aromatic nitrogens is 3. The van der Waals surface area contributed by atoms with Crippen LogP contribution in [-0.4, -0.2) is 21.9 Å². The Bertz CT molecular complexity index is 701. The lowest BCUT2D eigenvalue weighted by molar-refractivity contribution is 0.412. The number of benzene rings is 1. The molecule has 1 aromatic carbocycles.